The normalized spacial score (nSPS) is 9.60. The van der Waals surface area contributed by atoms with Gasteiger partial charge in [-0.3, -0.25) is 4.79 Å². The lowest BCUT2D eigenvalue weighted by molar-refractivity contribution is 0.869. The van der Waals surface area contributed by atoms with Gasteiger partial charge in [0.25, 0.3) is 5.56 Å². The van der Waals surface area contributed by atoms with Gasteiger partial charge in [-0.1, -0.05) is 32.0 Å². The molecule has 0 aliphatic carbocycles. The Morgan fingerprint density at radius 3 is 2.27 bits per heavy atom. The number of nitrogens with zero attached hydrogens (tertiary/aromatic N) is 1. The van der Waals surface area contributed by atoms with E-state index in [0.29, 0.717) is 0 Å². The standard InChI is InChI=1S/C10H8BrNO.C2H6/c1-12-6-9(11)7-4-2-3-5-8(7)10(12)13;1-2/h2-6H,1H3;1-2H3. The molecule has 2 rings (SSSR count). The summed E-state index contributed by atoms with van der Waals surface area (Å²) in [7, 11) is 1.75. The van der Waals surface area contributed by atoms with Gasteiger partial charge in [-0.15, -0.1) is 0 Å². The fraction of sp³-hybridized carbons (Fsp3) is 0.250. The van der Waals surface area contributed by atoms with E-state index >= 15 is 0 Å². The Hall–Kier alpha value is -1.09. The van der Waals surface area contributed by atoms with E-state index in [1.165, 1.54) is 0 Å². The number of rotatable bonds is 0. The molecule has 0 saturated carbocycles. The fourth-order valence-electron chi connectivity index (χ4n) is 1.37. The number of fused-ring (bicyclic) bond motifs is 1. The van der Waals surface area contributed by atoms with Crippen LogP contribution < -0.4 is 5.56 Å². The predicted octanol–water partition coefficient (Wildman–Crippen LogP) is 3.33. The molecule has 0 radical (unpaired) electrons. The van der Waals surface area contributed by atoms with E-state index in [-0.39, 0.29) is 5.56 Å². The molecule has 0 fully saturated rings. The summed E-state index contributed by atoms with van der Waals surface area (Å²) in [5.41, 5.74) is 0.0406. The highest BCUT2D eigenvalue weighted by Gasteiger charge is 2.02. The van der Waals surface area contributed by atoms with Crippen molar-refractivity contribution >= 4 is 26.7 Å². The predicted molar refractivity (Wildman–Crippen MR) is 68.2 cm³/mol. The van der Waals surface area contributed by atoms with Crippen molar-refractivity contribution in [3.8, 4) is 0 Å². The van der Waals surface area contributed by atoms with Crippen LogP contribution in [0.5, 0.6) is 0 Å². The molecular formula is C12H14BrNO. The van der Waals surface area contributed by atoms with Crippen molar-refractivity contribution in [3.63, 3.8) is 0 Å². The number of hydrogen-bond donors (Lipinski definition) is 0. The molecule has 0 unspecified atom stereocenters. The summed E-state index contributed by atoms with van der Waals surface area (Å²) < 4.78 is 2.53. The maximum absolute atomic E-state index is 11.6. The Labute approximate surface area is 97.7 Å². The van der Waals surface area contributed by atoms with Crippen molar-refractivity contribution < 1.29 is 0 Å². The quantitative estimate of drug-likeness (QED) is 0.718. The second-order valence-corrected chi connectivity index (χ2v) is 3.79. The van der Waals surface area contributed by atoms with Crippen molar-refractivity contribution in [1.29, 1.82) is 0 Å². The fourth-order valence-corrected chi connectivity index (χ4v) is 2.02. The molecule has 3 heteroatoms. The van der Waals surface area contributed by atoms with Crippen LogP contribution in [0.25, 0.3) is 10.8 Å². The van der Waals surface area contributed by atoms with Gasteiger partial charge in [0.15, 0.2) is 0 Å². The Kier molecular flexibility index (Phi) is 4.09. The summed E-state index contributed by atoms with van der Waals surface area (Å²) >= 11 is 3.42. The molecule has 15 heavy (non-hydrogen) atoms. The molecule has 0 N–H and O–H groups in total. The van der Waals surface area contributed by atoms with Gasteiger partial charge >= 0.3 is 0 Å². The van der Waals surface area contributed by atoms with Crippen LogP contribution in [0.4, 0.5) is 0 Å². The van der Waals surface area contributed by atoms with Crippen LogP contribution in [0, 0.1) is 0 Å². The van der Waals surface area contributed by atoms with Gasteiger partial charge in [-0.25, -0.2) is 0 Å². The van der Waals surface area contributed by atoms with Gasteiger partial charge in [0.05, 0.1) is 0 Å². The highest BCUT2D eigenvalue weighted by molar-refractivity contribution is 9.10. The van der Waals surface area contributed by atoms with Crippen LogP contribution in [-0.4, -0.2) is 4.57 Å². The van der Waals surface area contributed by atoms with Crippen molar-refractivity contribution in [3.05, 3.63) is 45.3 Å². The van der Waals surface area contributed by atoms with Crippen LogP contribution in [-0.2, 0) is 7.05 Å². The Morgan fingerprint density at radius 2 is 1.67 bits per heavy atom. The number of hydrogen-bond acceptors (Lipinski definition) is 1. The van der Waals surface area contributed by atoms with Crippen LogP contribution in [0.3, 0.4) is 0 Å². The zero-order chi connectivity index (χ0) is 11.4. The van der Waals surface area contributed by atoms with Gasteiger partial charge in [-0.2, -0.15) is 0 Å². The maximum atomic E-state index is 11.6. The second kappa shape index (κ2) is 5.12. The van der Waals surface area contributed by atoms with Crippen molar-refractivity contribution in [2.24, 2.45) is 7.05 Å². The van der Waals surface area contributed by atoms with Gasteiger partial charge < -0.3 is 4.57 Å². The SMILES string of the molecule is CC.Cn1cc(Br)c2ccccc2c1=O. The van der Waals surface area contributed by atoms with Gasteiger partial charge in [-0.05, 0) is 22.0 Å². The largest absolute Gasteiger partial charge is 0.317 e. The zero-order valence-corrected chi connectivity index (χ0v) is 10.7. The first-order valence-corrected chi connectivity index (χ1v) is 5.73. The van der Waals surface area contributed by atoms with E-state index in [4.69, 9.17) is 0 Å². The van der Waals surface area contributed by atoms with Crippen LogP contribution in [0.1, 0.15) is 13.8 Å². The van der Waals surface area contributed by atoms with Crippen molar-refractivity contribution in [2.75, 3.05) is 0 Å². The first-order chi connectivity index (χ1) is 7.20. The lowest BCUT2D eigenvalue weighted by Crippen LogP contribution is -2.15. The van der Waals surface area contributed by atoms with E-state index in [2.05, 4.69) is 15.9 Å². The van der Waals surface area contributed by atoms with Crippen LogP contribution in [0.2, 0.25) is 0 Å². The molecule has 2 nitrogen and oxygen atoms in total. The minimum Gasteiger partial charge on any atom is -0.317 e. The summed E-state index contributed by atoms with van der Waals surface area (Å²) in [5.74, 6) is 0. The molecule has 0 atom stereocenters. The van der Waals surface area contributed by atoms with Crippen LogP contribution in [0.15, 0.2) is 39.7 Å². The lowest BCUT2D eigenvalue weighted by atomic mass is 10.2. The average molecular weight is 268 g/mol. The van der Waals surface area contributed by atoms with Gasteiger partial charge in [0.1, 0.15) is 0 Å². The number of aromatic nitrogens is 1. The van der Waals surface area contributed by atoms with E-state index in [0.717, 1.165) is 15.2 Å². The highest BCUT2D eigenvalue weighted by atomic mass is 79.9. The number of aryl methyl sites for hydroxylation is 1. The van der Waals surface area contributed by atoms with Gasteiger partial charge in [0, 0.05) is 28.5 Å². The topological polar surface area (TPSA) is 22.0 Å². The lowest BCUT2D eigenvalue weighted by Gasteiger charge is -2.02. The first kappa shape index (κ1) is 12.0. The van der Waals surface area contributed by atoms with E-state index in [1.54, 1.807) is 17.8 Å². The third-order valence-corrected chi connectivity index (χ3v) is 2.67. The molecule has 80 valence electrons. The van der Waals surface area contributed by atoms with E-state index in [9.17, 15) is 4.79 Å². The Morgan fingerprint density at radius 1 is 1.13 bits per heavy atom. The summed E-state index contributed by atoms with van der Waals surface area (Å²) in [6, 6.07) is 7.56. The molecule has 0 amide bonds. The molecule has 1 heterocycles. The molecule has 0 saturated heterocycles. The maximum Gasteiger partial charge on any atom is 0.258 e. The molecule has 0 bridgehead atoms. The smallest absolute Gasteiger partial charge is 0.258 e. The molecule has 1 aromatic carbocycles. The third-order valence-electron chi connectivity index (χ3n) is 2.04. The Bertz CT molecular complexity index is 517. The summed E-state index contributed by atoms with van der Waals surface area (Å²) in [4.78, 5) is 11.6. The Balaban J connectivity index is 0.000000531. The molecule has 0 aliphatic heterocycles. The minimum atomic E-state index is 0.0406. The molecule has 0 spiro atoms. The molecular weight excluding hydrogens is 254 g/mol. The summed E-state index contributed by atoms with van der Waals surface area (Å²) in [6.07, 6.45) is 1.78. The average Bonchev–Trinajstić information content (AvgIpc) is 2.29. The van der Waals surface area contributed by atoms with Crippen LogP contribution >= 0.6 is 15.9 Å². The van der Waals surface area contributed by atoms with Gasteiger partial charge in [0.2, 0.25) is 0 Å². The monoisotopic (exact) mass is 267 g/mol. The minimum absolute atomic E-state index is 0.0406. The number of pyridine rings is 1. The van der Waals surface area contributed by atoms with Crippen molar-refractivity contribution in [1.82, 2.24) is 4.57 Å². The molecule has 1 aromatic heterocycles. The zero-order valence-electron chi connectivity index (χ0n) is 9.12. The van der Waals surface area contributed by atoms with Crippen molar-refractivity contribution in [2.45, 2.75) is 13.8 Å². The van der Waals surface area contributed by atoms with E-state index in [1.807, 2.05) is 38.1 Å². The third kappa shape index (κ3) is 2.29. The first-order valence-electron chi connectivity index (χ1n) is 4.94. The molecule has 2 aromatic rings. The van der Waals surface area contributed by atoms with E-state index < -0.39 is 0 Å². The second-order valence-electron chi connectivity index (χ2n) is 2.94. The number of halogens is 1. The summed E-state index contributed by atoms with van der Waals surface area (Å²) in [6.45, 7) is 4.00. The molecule has 0 aliphatic rings. The summed E-state index contributed by atoms with van der Waals surface area (Å²) in [5, 5.41) is 1.71. The highest BCUT2D eigenvalue weighted by Crippen LogP contribution is 2.19. The number of benzene rings is 1.